The quantitative estimate of drug-likeness (QED) is 0.666. The lowest BCUT2D eigenvalue weighted by Crippen LogP contribution is -2.33. The molecule has 0 rings (SSSR count). The van der Waals surface area contributed by atoms with Gasteiger partial charge in [-0.15, -0.1) is 0 Å². The number of esters is 1. The number of hydrogen-bond acceptors (Lipinski definition) is 3. The van der Waals surface area contributed by atoms with Gasteiger partial charge in [-0.3, -0.25) is 4.79 Å². The highest BCUT2D eigenvalue weighted by molar-refractivity contribution is 5.73. The number of aliphatic hydroxyl groups is 1. The van der Waals surface area contributed by atoms with Crippen molar-refractivity contribution >= 4 is 5.97 Å². The zero-order chi connectivity index (χ0) is 10.4. The first-order chi connectivity index (χ1) is 6.04. The van der Waals surface area contributed by atoms with Gasteiger partial charge in [0.2, 0.25) is 0 Å². The number of aliphatic hydroxyl groups excluding tert-OH is 1. The van der Waals surface area contributed by atoms with Crippen LogP contribution in [0.2, 0.25) is 0 Å². The molecule has 3 nitrogen and oxygen atoms in total. The maximum absolute atomic E-state index is 11.3. The fourth-order valence-corrected chi connectivity index (χ4v) is 1.26. The summed E-state index contributed by atoms with van der Waals surface area (Å²) in [5.74, 6) is -0.569. The van der Waals surface area contributed by atoms with Crippen molar-refractivity contribution in [2.45, 2.75) is 40.2 Å². The third kappa shape index (κ3) is 3.77. The van der Waals surface area contributed by atoms with Crippen molar-refractivity contribution in [2.75, 3.05) is 6.61 Å². The van der Waals surface area contributed by atoms with Crippen molar-refractivity contribution in [3.63, 3.8) is 0 Å². The maximum atomic E-state index is 11.3. The van der Waals surface area contributed by atoms with Crippen LogP contribution in [0.1, 0.15) is 34.1 Å². The van der Waals surface area contributed by atoms with Crippen LogP contribution in [0.3, 0.4) is 0 Å². The second kappa shape index (κ2) is 5.97. The summed E-state index contributed by atoms with van der Waals surface area (Å²) in [7, 11) is 0. The molecule has 0 spiro atoms. The van der Waals surface area contributed by atoms with Gasteiger partial charge in [0.25, 0.3) is 0 Å². The van der Waals surface area contributed by atoms with Gasteiger partial charge in [-0.25, -0.2) is 0 Å². The molecule has 13 heavy (non-hydrogen) atoms. The summed E-state index contributed by atoms with van der Waals surface area (Å²) < 4.78 is 4.87. The fraction of sp³-hybridized carbons (Fsp3) is 0.900. The van der Waals surface area contributed by atoms with Crippen molar-refractivity contribution in [3.8, 4) is 0 Å². The highest BCUT2D eigenvalue weighted by Crippen LogP contribution is 2.17. The predicted molar refractivity (Wildman–Crippen MR) is 51.3 cm³/mol. The standard InChI is InChI=1S/C10H20O3/c1-5-8(9(11)7(3)4)10(12)13-6-2/h7-9,11H,5-6H2,1-4H3. The van der Waals surface area contributed by atoms with Crippen LogP contribution < -0.4 is 0 Å². The molecule has 0 amide bonds. The van der Waals surface area contributed by atoms with Crippen LogP contribution >= 0.6 is 0 Å². The first-order valence-electron chi connectivity index (χ1n) is 4.89. The zero-order valence-electron chi connectivity index (χ0n) is 8.91. The van der Waals surface area contributed by atoms with Crippen LogP contribution in [0.4, 0.5) is 0 Å². The highest BCUT2D eigenvalue weighted by Gasteiger charge is 2.28. The van der Waals surface area contributed by atoms with Crippen LogP contribution in [0.5, 0.6) is 0 Å². The van der Waals surface area contributed by atoms with E-state index < -0.39 is 6.10 Å². The van der Waals surface area contributed by atoms with Gasteiger partial charge in [-0.2, -0.15) is 0 Å². The Morgan fingerprint density at radius 2 is 1.92 bits per heavy atom. The van der Waals surface area contributed by atoms with Crippen molar-refractivity contribution in [1.29, 1.82) is 0 Å². The summed E-state index contributed by atoms with van der Waals surface area (Å²) >= 11 is 0. The smallest absolute Gasteiger partial charge is 0.311 e. The third-order valence-corrected chi connectivity index (χ3v) is 2.12. The van der Waals surface area contributed by atoms with Gasteiger partial charge in [0.1, 0.15) is 0 Å². The Morgan fingerprint density at radius 3 is 2.23 bits per heavy atom. The van der Waals surface area contributed by atoms with Gasteiger partial charge in [-0.05, 0) is 19.3 Å². The van der Waals surface area contributed by atoms with Crippen molar-refractivity contribution < 1.29 is 14.6 Å². The Morgan fingerprint density at radius 1 is 1.38 bits per heavy atom. The van der Waals surface area contributed by atoms with E-state index in [2.05, 4.69) is 0 Å². The average molecular weight is 188 g/mol. The van der Waals surface area contributed by atoms with Crippen LogP contribution in [-0.2, 0) is 9.53 Å². The maximum Gasteiger partial charge on any atom is 0.311 e. The molecule has 0 bridgehead atoms. The second-order valence-corrected chi connectivity index (χ2v) is 3.50. The molecule has 0 heterocycles. The summed E-state index contributed by atoms with van der Waals surface area (Å²) in [6.45, 7) is 7.82. The third-order valence-electron chi connectivity index (χ3n) is 2.12. The summed E-state index contributed by atoms with van der Waals surface area (Å²) in [5, 5.41) is 9.68. The van der Waals surface area contributed by atoms with E-state index in [1.54, 1.807) is 6.92 Å². The summed E-state index contributed by atoms with van der Waals surface area (Å²) in [6, 6.07) is 0. The lowest BCUT2D eigenvalue weighted by atomic mass is 9.91. The number of hydrogen-bond donors (Lipinski definition) is 1. The molecule has 0 aromatic carbocycles. The van der Waals surface area contributed by atoms with E-state index in [1.807, 2.05) is 20.8 Å². The number of ether oxygens (including phenoxy) is 1. The van der Waals surface area contributed by atoms with E-state index >= 15 is 0 Å². The van der Waals surface area contributed by atoms with Gasteiger partial charge >= 0.3 is 5.97 Å². The summed E-state index contributed by atoms with van der Waals surface area (Å²) in [4.78, 5) is 11.3. The average Bonchev–Trinajstić information content (AvgIpc) is 2.05. The molecule has 3 heteroatoms. The normalized spacial score (nSPS) is 15.5. The van der Waals surface area contributed by atoms with Crippen molar-refractivity contribution in [1.82, 2.24) is 0 Å². The zero-order valence-corrected chi connectivity index (χ0v) is 8.91. The van der Waals surface area contributed by atoms with Crippen LogP contribution in [0.25, 0.3) is 0 Å². The minimum Gasteiger partial charge on any atom is -0.466 e. The predicted octanol–water partition coefficient (Wildman–Crippen LogP) is 1.59. The molecule has 0 saturated carbocycles. The first kappa shape index (κ1) is 12.4. The largest absolute Gasteiger partial charge is 0.466 e. The van der Waals surface area contributed by atoms with Gasteiger partial charge in [0, 0.05) is 0 Å². The van der Waals surface area contributed by atoms with Crippen molar-refractivity contribution in [3.05, 3.63) is 0 Å². The van der Waals surface area contributed by atoms with E-state index in [1.165, 1.54) is 0 Å². The summed E-state index contributed by atoms with van der Waals surface area (Å²) in [6.07, 6.45) is 0.0297. The van der Waals surface area contributed by atoms with Gasteiger partial charge < -0.3 is 9.84 Å². The molecule has 1 N–H and O–H groups in total. The van der Waals surface area contributed by atoms with E-state index in [-0.39, 0.29) is 17.8 Å². The molecule has 2 unspecified atom stereocenters. The van der Waals surface area contributed by atoms with Crippen molar-refractivity contribution in [2.24, 2.45) is 11.8 Å². The molecular formula is C10H20O3. The number of carbonyl (C=O) groups is 1. The molecule has 0 fully saturated rings. The van der Waals surface area contributed by atoms with E-state index in [9.17, 15) is 9.90 Å². The minimum atomic E-state index is -0.593. The molecule has 0 saturated heterocycles. The Kier molecular flexibility index (Phi) is 5.71. The van der Waals surface area contributed by atoms with Crippen LogP contribution in [0, 0.1) is 11.8 Å². The van der Waals surface area contributed by atoms with E-state index in [4.69, 9.17) is 4.74 Å². The molecule has 0 aliphatic heterocycles. The van der Waals surface area contributed by atoms with Gasteiger partial charge in [0.15, 0.2) is 0 Å². The topological polar surface area (TPSA) is 46.5 Å². The minimum absolute atomic E-state index is 0.0920. The molecule has 0 aromatic rings. The Balaban J connectivity index is 4.23. The molecule has 0 radical (unpaired) electrons. The Labute approximate surface area is 80.1 Å². The summed E-state index contributed by atoms with van der Waals surface area (Å²) in [5.41, 5.74) is 0. The SMILES string of the molecule is CCOC(=O)C(CC)C(O)C(C)C. The lowest BCUT2D eigenvalue weighted by molar-refractivity contribution is -0.153. The molecule has 0 aliphatic carbocycles. The highest BCUT2D eigenvalue weighted by atomic mass is 16.5. The van der Waals surface area contributed by atoms with Gasteiger partial charge in [-0.1, -0.05) is 20.8 Å². The second-order valence-electron chi connectivity index (χ2n) is 3.50. The monoisotopic (exact) mass is 188 g/mol. The Hall–Kier alpha value is -0.570. The molecular weight excluding hydrogens is 168 g/mol. The van der Waals surface area contributed by atoms with E-state index in [0.717, 1.165) is 0 Å². The van der Waals surface area contributed by atoms with Crippen LogP contribution in [0.15, 0.2) is 0 Å². The fourth-order valence-electron chi connectivity index (χ4n) is 1.26. The molecule has 78 valence electrons. The Bertz CT molecular complexity index is 154. The first-order valence-corrected chi connectivity index (χ1v) is 4.89. The molecule has 0 aromatic heterocycles. The number of rotatable bonds is 5. The lowest BCUT2D eigenvalue weighted by Gasteiger charge is -2.22. The van der Waals surface area contributed by atoms with E-state index in [0.29, 0.717) is 13.0 Å². The number of carbonyl (C=O) groups excluding carboxylic acids is 1. The molecule has 2 atom stereocenters. The van der Waals surface area contributed by atoms with Crippen LogP contribution in [-0.4, -0.2) is 23.8 Å². The van der Waals surface area contributed by atoms with Gasteiger partial charge in [0.05, 0.1) is 18.6 Å². The molecule has 0 aliphatic rings.